The largest absolute Gasteiger partial charge is 0.479 e. The summed E-state index contributed by atoms with van der Waals surface area (Å²) < 4.78 is 15.3. The Hall–Kier alpha value is -3.29. The number of esters is 1. The molecule has 1 heterocycles. The van der Waals surface area contributed by atoms with Crippen LogP contribution in [0.4, 0.5) is 4.79 Å². The first-order chi connectivity index (χ1) is 12.4. The van der Waals surface area contributed by atoms with E-state index < -0.39 is 30.6 Å². The summed E-state index contributed by atoms with van der Waals surface area (Å²) in [4.78, 5) is 35.0. The number of aryl methyl sites for hydroxylation is 1. The lowest BCUT2D eigenvalue weighted by molar-refractivity contribution is -0.154. The molecule has 2 rings (SSSR count). The molecular weight excluding hydrogens is 340 g/mol. The Morgan fingerprint density at radius 1 is 1.19 bits per heavy atom. The van der Waals surface area contributed by atoms with Crippen LogP contribution in [0, 0.1) is 6.92 Å². The Kier molecular flexibility index (Phi) is 6.78. The lowest BCUT2D eigenvalue weighted by Crippen LogP contribution is -2.41. The summed E-state index contributed by atoms with van der Waals surface area (Å²) in [6, 6.07) is 9.84. The van der Waals surface area contributed by atoms with Crippen LogP contribution in [0.1, 0.15) is 18.2 Å². The van der Waals surface area contributed by atoms with Crippen LogP contribution in [0.3, 0.4) is 0 Å². The number of benzene rings is 1. The normalized spacial score (nSPS) is 11.3. The average Bonchev–Trinajstić information content (AvgIpc) is 3.11. The number of carbonyl (C=O) groups excluding carboxylic acids is 3. The van der Waals surface area contributed by atoms with Crippen LogP contribution in [0.15, 0.2) is 47.1 Å². The number of carbonyl (C=O) groups is 3. The summed E-state index contributed by atoms with van der Waals surface area (Å²) in [7, 11) is 0. The molecule has 138 valence electrons. The van der Waals surface area contributed by atoms with E-state index in [1.54, 1.807) is 30.3 Å². The number of nitrogens with one attached hydrogen (secondary N) is 2. The highest BCUT2D eigenvalue weighted by Gasteiger charge is 2.18. The van der Waals surface area contributed by atoms with E-state index in [2.05, 4.69) is 5.32 Å². The molecule has 8 nitrogen and oxygen atoms in total. The van der Waals surface area contributed by atoms with Crippen LogP contribution in [0.25, 0.3) is 0 Å². The van der Waals surface area contributed by atoms with Gasteiger partial charge in [-0.1, -0.05) is 12.1 Å². The van der Waals surface area contributed by atoms with Crippen molar-refractivity contribution in [1.82, 2.24) is 10.6 Å². The molecule has 2 N–H and O–H groups in total. The van der Waals surface area contributed by atoms with E-state index in [9.17, 15) is 14.4 Å². The Morgan fingerprint density at radius 3 is 2.69 bits per heavy atom. The fraction of sp³-hybridized carbons (Fsp3) is 0.278. The van der Waals surface area contributed by atoms with Gasteiger partial charge in [0.2, 0.25) is 0 Å². The Labute approximate surface area is 150 Å². The summed E-state index contributed by atoms with van der Waals surface area (Å²) in [6.45, 7) is 2.96. The average molecular weight is 360 g/mol. The van der Waals surface area contributed by atoms with Crippen LogP contribution in [-0.4, -0.2) is 30.6 Å². The first-order valence-electron chi connectivity index (χ1n) is 7.94. The lowest BCUT2D eigenvalue weighted by Gasteiger charge is -2.14. The standard InChI is InChI=1S/C18H20N2O6/c1-12-5-3-6-14(9-12)26-13(2)17(22)25-11-16(21)20-18(23)19-10-15-7-4-8-24-15/h3-9,13H,10-11H2,1-2H3,(H2,19,20,21,23)/t13-/m0/s1. The van der Waals surface area contributed by atoms with Gasteiger partial charge >= 0.3 is 12.0 Å². The zero-order valence-corrected chi connectivity index (χ0v) is 14.5. The van der Waals surface area contributed by atoms with Crippen molar-refractivity contribution in [1.29, 1.82) is 0 Å². The van der Waals surface area contributed by atoms with Crippen molar-refractivity contribution in [3.8, 4) is 5.75 Å². The highest BCUT2D eigenvalue weighted by atomic mass is 16.6. The van der Waals surface area contributed by atoms with Crippen molar-refractivity contribution >= 4 is 17.9 Å². The third-order valence-electron chi connectivity index (χ3n) is 3.24. The smallest absolute Gasteiger partial charge is 0.347 e. The van der Waals surface area contributed by atoms with Gasteiger partial charge in [0.25, 0.3) is 5.91 Å². The quantitative estimate of drug-likeness (QED) is 0.731. The molecule has 1 atom stereocenters. The molecular formula is C18H20N2O6. The summed E-state index contributed by atoms with van der Waals surface area (Å²) in [5.41, 5.74) is 0.989. The van der Waals surface area contributed by atoms with Crippen LogP contribution < -0.4 is 15.4 Å². The second kappa shape index (κ2) is 9.26. The molecule has 0 unspecified atom stereocenters. The summed E-state index contributed by atoms with van der Waals surface area (Å²) in [5.74, 6) is -0.395. The van der Waals surface area contributed by atoms with Crippen molar-refractivity contribution in [3.05, 3.63) is 54.0 Å². The second-order valence-corrected chi connectivity index (χ2v) is 5.49. The van der Waals surface area contributed by atoms with Crippen molar-refractivity contribution in [3.63, 3.8) is 0 Å². The first-order valence-corrected chi connectivity index (χ1v) is 7.94. The van der Waals surface area contributed by atoms with Gasteiger partial charge in [0.15, 0.2) is 12.7 Å². The predicted octanol–water partition coefficient (Wildman–Crippen LogP) is 1.92. The molecule has 0 radical (unpaired) electrons. The molecule has 0 aliphatic carbocycles. The molecule has 0 bridgehead atoms. The molecule has 1 aromatic heterocycles. The van der Waals surface area contributed by atoms with Gasteiger partial charge in [-0.05, 0) is 43.7 Å². The minimum absolute atomic E-state index is 0.132. The number of imide groups is 1. The molecule has 3 amide bonds. The highest BCUT2D eigenvalue weighted by Crippen LogP contribution is 2.14. The molecule has 8 heteroatoms. The van der Waals surface area contributed by atoms with E-state index in [1.807, 2.05) is 18.3 Å². The molecule has 2 aromatic rings. The van der Waals surface area contributed by atoms with E-state index in [1.165, 1.54) is 13.2 Å². The van der Waals surface area contributed by atoms with Crippen molar-refractivity contribution in [2.75, 3.05) is 6.61 Å². The minimum atomic E-state index is -0.891. The van der Waals surface area contributed by atoms with E-state index >= 15 is 0 Å². The first kappa shape index (κ1) is 19.0. The molecule has 0 fully saturated rings. The summed E-state index contributed by atoms with van der Waals surface area (Å²) in [5, 5.41) is 4.48. The van der Waals surface area contributed by atoms with Crippen molar-refractivity contribution < 1.29 is 28.3 Å². The maximum absolute atomic E-state index is 11.9. The van der Waals surface area contributed by atoms with Gasteiger partial charge in [-0.2, -0.15) is 0 Å². The second-order valence-electron chi connectivity index (χ2n) is 5.49. The molecule has 0 aliphatic heterocycles. The van der Waals surface area contributed by atoms with Gasteiger partial charge in [0.05, 0.1) is 12.8 Å². The van der Waals surface area contributed by atoms with Crippen molar-refractivity contribution in [2.45, 2.75) is 26.5 Å². The topological polar surface area (TPSA) is 107 Å². The third kappa shape index (κ3) is 6.31. The van der Waals surface area contributed by atoms with Gasteiger partial charge in [0, 0.05) is 0 Å². The predicted molar refractivity (Wildman–Crippen MR) is 91.3 cm³/mol. The monoisotopic (exact) mass is 360 g/mol. The van der Waals surface area contributed by atoms with Gasteiger partial charge < -0.3 is 19.2 Å². The van der Waals surface area contributed by atoms with Crippen LogP contribution in [0.2, 0.25) is 0 Å². The molecule has 0 saturated heterocycles. The maximum atomic E-state index is 11.9. The third-order valence-corrected chi connectivity index (χ3v) is 3.24. The zero-order valence-electron chi connectivity index (χ0n) is 14.5. The zero-order chi connectivity index (χ0) is 18.9. The Morgan fingerprint density at radius 2 is 2.00 bits per heavy atom. The molecule has 26 heavy (non-hydrogen) atoms. The number of rotatable bonds is 7. The molecule has 1 aromatic carbocycles. The minimum Gasteiger partial charge on any atom is -0.479 e. The maximum Gasteiger partial charge on any atom is 0.347 e. The number of amides is 3. The van der Waals surface area contributed by atoms with Crippen LogP contribution >= 0.6 is 0 Å². The van der Waals surface area contributed by atoms with Crippen molar-refractivity contribution in [2.24, 2.45) is 0 Å². The summed E-state index contributed by atoms with van der Waals surface area (Å²) in [6.07, 6.45) is 0.580. The van der Waals surface area contributed by atoms with Gasteiger partial charge in [-0.3, -0.25) is 10.1 Å². The van der Waals surface area contributed by atoms with E-state index in [0.717, 1.165) is 5.56 Å². The van der Waals surface area contributed by atoms with E-state index in [4.69, 9.17) is 13.9 Å². The SMILES string of the molecule is Cc1cccc(O[C@@H](C)C(=O)OCC(=O)NC(=O)NCc2ccco2)c1. The summed E-state index contributed by atoms with van der Waals surface area (Å²) >= 11 is 0. The van der Waals surface area contributed by atoms with E-state index in [-0.39, 0.29) is 6.54 Å². The number of ether oxygens (including phenoxy) is 2. The fourth-order valence-electron chi connectivity index (χ4n) is 1.98. The fourth-order valence-corrected chi connectivity index (χ4v) is 1.98. The van der Waals surface area contributed by atoms with Gasteiger partial charge in [0.1, 0.15) is 11.5 Å². The van der Waals surface area contributed by atoms with Gasteiger partial charge in [-0.25, -0.2) is 9.59 Å². The number of hydrogen-bond acceptors (Lipinski definition) is 6. The number of furan rings is 1. The number of hydrogen-bond donors (Lipinski definition) is 2. The van der Waals surface area contributed by atoms with Gasteiger partial charge in [-0.15, -0.1) is 0 Å². The lowest BCUT2D eigenvalue weighted by atomic mass is 10.2. The molecule has 0 saturated carbocycles. The van der Waals surface area contributed by atoms with E-state index in [0.29, 0.717) is 11.5 Å². The molecule has 0 aliphatic rings. The highest BCUT2D eigenvalue weighted by molar-refractivity contribution is 5.95. The van der Waals surface area contributed by atoms with Crippen LogP contribution in [-0.2, 0) is 20.9 Å². The van der Waals surface area contributed by atoms with Crippen LogP contribution in [0.5, 0.6) is 5.75 Å². The molecule has 0 spiro atoms. The Bertz CT molecular complexity index is 757. The number of urea groups is 1. The Balaban J connectivity index is 1.68.